The van der Waals surface area contributed by atoms with Gasteiger partial charge >= 0.3 is 6.18 Å². The van der Waals surface area contributed by atoms with Crippen LogP contribution in [0, 0.1) is 0 Å². The monoisotopic (exact) mass is 463 g/mol. The fraction of sp³-hybridized carbons (Fsp3) is 0.348. The lowest BCUT2D eigenvalue weighted by Crippen LogP contribution is -2.58. The van der Waals surface area contributed by atoms with Gasteiger partial charge in [0.25, 0.3) is 17.7 Å². The lowest BCUT2D eigenvalue weighted by Gasteiger charge is -2.28. The summed E-state index contributed by atoms with van der Waals surface area (Å²) >= 11 is 0. The van der Waals surface area contributed by atoms with E-state index in [1.165, 1.54) is 0 Å². The first-order valence-corrected chi connectivity index (χ1v) is 10.4. The minimum absolute atomic E-state index is 0.190. The van der Waals surface area contributed by atoms with Crippen LogP contribution in [0.2, 0.25) is 0 Å². The van der Waals surface area contributed by atoms with Gasteiger partial charge in [0.05, 0.1) is 6.42 Å². The van der Waals surface area contributed by atoms with E-state index in [9.17, 15) is 32.7 Å². The van der Waals surface area contributed by atoms with Crippen LogP contribution in [-0.2, 0) is 14.4 Å². The van der Waals surface area contributed by atoms with Crippen molar-refractivity contribution in [1.82, 2.24) is 10.6 Å². The van der Waals surface area contributed by atoms with Crippen LogP contribution in [-0.4, -0.2) is 41.2 Å². The largest absolute Gasteiger partial charge is 0.390 e. The highest BCUT2D eigenvalue weighted by Gasteiger charge is 2.45. The third-order valence-corrected chi connectivity index (χ3v) is 5.34. The van der Waals surface area contributed by atoms with Crippen molar-refractivity contribution in [3.63, 3.8) is 0 Å². The van der Waals surface area contributed by atoms with Gasteiger partial charge in [-0.1, -0.05) is 55.8 Å². The molecule has 0 radical (unpaired) electrons. The zero-order valence-electron chi connectivity index (χ0n) is 17.8. The number of para-hydroxylation sites is 1. The van der Waals surface area contributed by atoms with Crippen molar-refractivity contribution in [2.75, 3.05) is 11.9 Å². The number of hydrogen-bond donors (Lipinski definition) is 4. The highest BCUT2D eigenvalue weighted by Crippen LogP contribution is 2.37. The van der Waals surface area contributed by atoms with Gasteiger partial charge in [-0.25, -0.2) is 0 Å². The lowest BCUT2D eigenvalue weighted by molar-refractivity contribution is -0.156. The predicted octanol–water partition coefficient (Wildman–Crippen LogP) is 3.06. The molecule has 7 nitrogen and oxygen atoms in total. The molecule has 10 heteroatoms. The van der Waals surface area contributed by atoms with Gasteiger partial charge in [-0.15, -0.1) is 0 Å². The third kappa shape index (κ3) is 5.33. The molecule has 1 aliphatic heterocycles. The molecule has 2 aromatic carbocycles. The second kappa shape index (κ2) is 9.62. The van der Waals surface area contributed by atoms with E-state index >= 15 is 0 Å². The number of anilines is 1. The number of aliphatic hydroxyl groups is 1. The van der Waals surface area contributed by atoms with Crippen LogP contribution in [0.1, 0.15) is 37.8 Å². The van der Waals surface area contributed by atoms with Gasteiger partial charge in [0.1, 0.15) is 6.04 Å². The summed E-state index contributed by atoms with van der Waals surface area (Å²) < 4.78 is 37.2. The molecule has 0 aromatic heterocycles. The van der Waals surface area contributed by atoms with Crippen molar-refractivity contribution < 1.29 is 32.7 Å². The standard InChI is InChI=1S/C23H24F3N3O4/c1-2-11-22(33,20(31)27-13-12-23(24,25)26)21(32)29-18-16-9-4-3-7-14(16)15-8-5-6-10-17(15)28-19(18)30/h3-10,18,33H,2,11-13H2,1H3,(H,27,31)(H,28,30)(H,29,32)/t18-,22?/m0/s1. The molecule has 2 atom stereocenters. The maximum absolute atomic E-state index is 13.0. The Kier molecular flexibility index (Phi) is 7.06. The second-order valence-corrected chi connectivity index (χ2v) is 7.76. The number of benzene rings is 2. The van der Waals surface area contributed by atoms with Crippen LogP contribution < -0.4 is 16.0 Å². The Labute approximate surface area is 188 Å². The number of hydrogen-bond acceptors (Lipinski definition) is 4. The van der Waals surface area contributed by atoms with E-state index in [4.69, 9.17) is 0 Å². The maximum atomic E-state index is 13.0. The molecule has 0 saturated heterocycles. The number of carbonyl (C=O) groups is 3. The summed E-state index contributed by atoms with van der Waals surface area (Å²) in [6.07, 6.45) is -5.96. The van der Waals surface area contributed by atoms with Crippen molar-refractivity contribution in [2.24, 2.45) is 0 Å². The highest BCUT2D eigenvalue weighted by atomic mass is 19.4. The van der Waals surface area contributed by atoms with E-state index < -0.39 is 48.5 Å². The number of rotatable bonds is 7. The van der Waals surface area contributed by atoms with Gasteiger partial charge in [-0.3, -0.25) is 14.4 Å². The molecule has 1 heterocycles. The fourth-order valence-electron chi connectivity index (χ4n) is 3.72. The van der Waals surface area contributed by atoms with Crippen molar-refractivity contribution >= 4 is 23.4 Å². The smallest absolute Gasteiger partial charge is 0.372 e. The number of halogens is 3. The third-order valence-electron chi connectivity index (χ3n) is 5.34. The molecular formula is C23H24F3N3O4. The van der Waals surface area contributed by atoms with E-state index in [0.29, 0.717) is 16.8 Å². The van der Waals surface area contributed by atoms with E-state index in [1.54, 1.807) is 55.5 Å². The van der Waals surface area contributed by atoms with Crippen LogP contribution in [0.5, 0.6) is 0 Å². The molecule has 2 aromatic rings. The SMILES string of the molecule is CCCC(O)(C(=O)NCCC(F)(F)F)C(=O)N[C@@H]1C(=O)Nc2ccccc2-c2ccccc21. The summed E-state index contributed by atoms with van der Waals surface area (Å²) in [6.45, 7) is 0.815. The zero-order chi connectivity index (χ0) is 24.2. The normalized spacial score (nSPS) is 17.0. The topological polar surface area (TPSA) is 108 Å². The van der Waals surface area contributed by atoms with Gasteiger partial charge < -0.3 is 21.1 Å². The maximum Gasteiger partial charge on any atom is 0.390 e. The molecule has 3 rings (SSSR count). The predicted molar refractivity (Wildman–Crippen MR) is 115 cm³/mol. The average Bonchev–Trinajstić information content (AvgIpc) is 2.87. The van der Waals surface area contributed by atoms with Gasteiger partial charge in [0.15, 0.2) is 0 Å². The average molecular weight is 463 g/mol. The van der Waals surface area contributed by atoms with Crippen LogP contribution in [0.25, 0.3) is 11.1 Å². The Morgan fingerprint density at radius 1 is 1.00 bits per heavy atom. The van der Waals surface area contributed by atoms with E-state index in [1.807, 2.05) is 5.32 Å². The molecule has 0 aliphatic carbocycles. The van der Waals surface area contributed by atoms with Crippen LogP contribution in [0.15, 0.2) is 48.5 Å². The van der Waals surface area contributed by atoms with Crippen molar-refractivity contribution in [3.05, 3.63) is 54.1 Å². The van der Waals surface area contributed by atoms with Gasteiger partial charge in [0.2, 0.25) is 5.60 Å². The molecule has 0 saturated carbocycles. The molecule has 0 fully saturated rings. The Hall–Kier alpha value is -3.40. The van der Waals surface area contributed by atoms with Crippen LogP contribution in [0.3, 0.4) is 0 Å². The molecule has 0 spiro atoms. The summed E-state index contributed by atoms with van der Waals surface area (Å²) in [4.78, 5) is 38.5. The quantitative estimate of drug-likeness (QED) is 0.474. The number of nitrogens with one attached hydrogen (secondary N) is 3. The summed E-state index contributed by atoms with van der Waals surface area (Å²) in [5.41, 5.74) is -0.267. The molecular weight excluding hydrogens is 439 g/mol. The fourth-order valence-corrected chi connectivity index (χ4v) is 3.72. The summed E-state index contributed by atoms with van der Waals surface area (Å²) in [5.74, 6) is -3.01. The number of alkyl halides is 3. The zero-order valence-corrected chi connectivity index (χ0v) is 17.8. The molecule has 4 N–H and O–H groups in total. The minimum Gasteiger partial charge on any atom is -0.372 e. The lowest BCUT2D eigenvalue weighted by atomic mass is 9.92. The summed E-state index contributed by atoms with van der Waals surface area (Å²) in [6, 6.07) is 12.7. The molecule has 0 bridgehead atoms. The Morgan fingerprint density at radius 2 is 1.64 bits per heavy atom. The number of fused-ring (bicyclic) bond motifs is 3. The van der Waals surface area contributed by atoms with Crippen LogP contribution >= 0.6 is 0 Å². The summed E-state index contributed by atoms with van der Waals surface area (Å²) in [7, 11) is 0. The molecule has 1 aliphatic rings. The van der Waals surface area contributed by atoms with Gasteiger partial charge in [-0.2, -0.15) is 13.2 Å². The van der Waals surface area contributed by atoms with Crippen molar-refractivity contribution in [1.29, 1.82) is 0 Å². The Morgan fingerprint density at radius 3 is 2.30 bits per heavy atom. The van der Waals surface area contributed by atoms with E-state index in [-0.39, 0.29) is 12.8 Å². The van der Waals surface area contributed by atoms with E-state index in [0.717, 1.165) is 5.56 Å². The first kappa shape index (κ1) is 24.2. The molecule has 3 amide bonds. The first-order valence-electron chi connectivity index (χ1n) is 10.4. The molecule has 176 valence electrons. The van der Waals surface area contributed by atoms with Crippen molar-refractivity contribution in [3.8, 4) is 11.1 Å². The number of carbonyl (C=O) groups excluding carboxylic acids is 3. The first-order chi connectivity index (χ1) is 15.6. The van der Waals surface area contributed by atoms with Crippen LogP contribution in [0.4, 0.5) is 18.9 Å². The number of amides is 3. The van der Waals surface area contributed by atoms with Gasteiger partial charge in [0, 0.05) is 17.8 Å². The molecule has 33 heavy (non-hydrogen) atoms. The minimum atomic E-state index is -4.50. The molecule has 1 unspecified atom stereocenters. The van der Waals surface area contributed by atoms with Gasteiger partial charge in [-0.05, 0) is 23.6 Å². The second-order valence-electron chi connectivity index (χ2n) is 7.76. The van der Waals surface area contributed by atoms with Crippen molar-refractivity contribution in [2.45, 2.75) is 44.0 Å². The Balaban J connectivity index is 1.88. The highest BCUT2D eigenvalue weighted by molar-refractivity contribution is 6.11. The van der Waals surface area contributed by atoms with E-state index in [2.05, 4.69) is 10.6 Å². The Bertz CT molecular complexity index is 1060. The summed E-state index contributed by atoms with van der Waals surface area (Å²) in [5, 5.41) is 18.0.